The van der Waals surface area contributed by atoms with Crippen molar-refractivity contribution < 1.29 is 19.1 Å². The van der Waals surface area contributed by atoms with Gasteiger partial charge in [0.15, 0.2) is 0 Å². The van der Waals surface area contributed by atoms with Gasteiger partial charge in [0.2, 0.25) is 0 Å². The third-order valence-corrected chi connectivity index (χ3v) is 6.27. The first-order valence-electron chi connectivity index (χ1n) is 9.26. The Morgan fingerprint density at radius 3 is 2.68 bits per heavy atom. The monoisotopic (exact) mass is 512 g/mol. The van der Waals surface area contributed by atoms with Crippen LogP contribution in [-0.2, 0) is 16.2 Å². The maximum atomic E-state index is 13.6. The van der Waals surface area contributed by atoms with Crippen molar-refractivity contribution in [3.63, 3.8) is 0 Å². The van der Waals surface area contributed by atoms with E-state index in [2.05, 4.69) is 20.9 Å². The maximum Gasteiger partial charge on any atom is 0.313 e. The molecule has 3 rings (SSSR count). The van der Waals surface area contributed by atoms with E-state index in [1.165, 1.54) is 23.5 Å². The number of halogens is 4. The second-order valence-electron chi connectivity index (χ2n) is 6.81. The number of benzene rings is 1. The predicted octanol–water partition coefficient (Wildman–Crippen LogP) is 3.52. The van der Waals surface area contributed by atoms with E-state index in [1.54, 1.807) is 6.92 Å². The fourth-order valence-electron chi connectivity index (χ4n) is 3.20. The quantitative estimate of drug-likeness (QED) is 0.458. The summed E-state index contributed by atoms with van der Waals surface area (Å²) in [5.41, 5.74) is 0.829. The third kappa shape index (κ3) is 7.00. The lowest BCUT2D eigenvalue weighted by molar-refractivity contribution is -0.136. The van der Waals surface area contributed by atoms with Crippen molar-refractivity contribution in [1.29, 1.82) is 0 Å². The number of aromatic nitrogens is 1. The summed E-state index contributed by atoms with van der Waals surface area (Å²) in [6.45, 7) is 2.47. The summed E-state index contributed by atoms with van der Waals surface area (Å²) >= 11 is 6.94. The normalized spacial score (nSPS) is 16.5. The topological polar surface area (TPSA) is 103 Å². The van der Waals surface area contributed by atoms with Crippen molar-refractivity contribution >= 4 is 65.3 Å². The van der Waals surface area contributed by atoms with Crippen molar-refractivity contribution in [2.45, 2.75) is 44.9 Å². The molecule has 0 saturated carbocycles. The highest BCUT2D eigenvalue weighted by molar-refractivity contribution is 7.11. The molecule has 2 heterocycles. The van der Waals surface area contributed by atoms with Gasteiger partial charge in [-0.2, -0.15) is 0 Å². The first-order valence-corrected chi connectivity index (χ1v) is 10.5. The van der Waals surface area contributed by atoms with E-state index in [0.717, 1.165) is 36.8 Å². The average Bonchev–Trinajstić information content (AvgIpc) is 3.09. The largest absolute Gasteiger partial charge is 0.391 e. The summed E-state index contributed by atoms with van der Waals surface area (Å²) in [4.78, 5) is 30.1. The number of carbonyl (C=O) groups excluding carboxylic acids is 2. The lowest BCUT2D eigenvalue weighted by Crippen LogP contribution is -2.48. The number of amides is 2. The Hall–Kier alpha value is -1.49. The Morgan fingerprint density at radius 2 is 2.10 bits per heavy atom. The number of carbonyl (C=O) groups is 2. The van der Waals surface area contributed by atoms with Crippen molar-refractivity contribution in [2.24, 2.45) is 0 Å². The summed E-state index contributed by atoms with van der Waals surface area (Å²) in [5.74, 6) is -2.46. The number of hydrogen-bond acceptors (Lipinski definition) is 6. The van der Waals surface area contributed by atoms with Crippen LogP contribution >= 0.6 is 47.8 Å². The molecule has 0 bridgehead atoms. The Morgan fingerprint density at radius 1 is 1.35 bits per heavy atom. The van der Waals surface area contributed by atoms with E-state index in [1.807, 2.05) is 0 Å². The average molecular weight is 514 g/mol. The molecule has 1 aliphatic heterocycles. The van der Waals surface area contributed by atoms with E-state index in [4.69, 9.17) is 11.6 Å². The van der Waals surface area contributed by atoms with Crippen LogP contribution in [-0.4, -0.2) is 34.5 Å². The minimum absolute atomic E-state index is 0. The molecule has 2 atom stereocenters. The highest BCUT2D eigenvalue weighted by Gasteiger charge is 2.31. The molecule has 2 amide bonds. The van der Waals surface area contributed by atoms with Gasteiger partial charge in [-0.1, -0.05) is 18.0 Å². The highest BCUT2D eigenvalue weighted by Crippen LogP contribution is 2.29. The molecule has 0 radical (unpaired) electrons. The molecule has 2 aromatic rings. The molecule has 0 aliphatic carbocycles. The number of aryl methyl sites for hydroxylation is 1. The van der Waals surface area contributed by atoms with Crippen molar-refractivity contribution in [2.75, 3.05) is 11.9 Å². The molecule has 12 heteroatoms. The van der Waals surface area contributed by atoms with Gasteiger partial charge >= 0.3 is 11.8 Å². The van der Waals surface area contributed by atoms with Gasteiger partial charge in [-0.3, -0.25) is 9.59 Å². The standard InChI is InChI=1S/C19H22ClFN4O3S.2ClH/c1-10-15(9-26)29-19(23-10)16(14-4-2-3-7-22-14)25-18(28)17(27)24-11-5-6-12(20)13(21)8-11;;/h5-6,8,14,16,22,26H,2-4,7,9H2,1H3,(H,24,27)(H,25,28);2*1H. The summed E-state index contributed by atoms with van der Waals surface area (Å²) in [5, 5.41) is 18.5. The first-order chi connectivity index (χ1) is 13.9. The van der Waals surface area contributed by atoms with E-state index < -0.39 is 23.7 Å². The fraction of sp³-hybridized carbons (Fsp3) is 0.421. The molecule has 0 spiro atoms. The molecule has 2 unspecified atom stereocenters. The highest BCUT2D eigenvalue weighted by atomic mass is 35.5. The molecule has 1 aromatic heterocycles. The van der Waals surface area contributed by atoms with Gasteiger partial charge in [-0.05, 0) is 44.5 Å². The Bertz CT molecular complexity index is 910. The number of hydrogen-bond donors (Lipinski definition) is 4. The number of nitrogens with zero attached hydrogens (tertiary/aromatic N) is 1. The molecular weight excluding hydrogens is 490 g/mol. The number of piperidine rings is 1. The van der Waals surface area contributed by atoms with E-state index in [0.29, 0.717) is 10.7 Å². The van der Waals surface area contributed by atoms with Crippen LogP contribution in [0, 0.1) is 12.7 Å². The Balaban J connectivity index is 0.00000240. The zero-order valence-electron chi connectivity index (χ0n) is 16.6. The molecular formula is C19H24Cl3FN4O3S. The molecule has 1 saturated heterocycles. The number of nitrogens with one attached hydrogen (secondary N) is 3. The first kappa shape index (κ1) is 27.5. The predicted molar refractivity (Wildman–Crippen MR) is 124 cm³/mol. The number of aliphatic hydroxyl groups is 1. The zero-order valence-corrected chi connectivity index (χ0v) is 19.8. The number of aliphatic hydroxyl groups excluding tert-OH is 1. The minimum Gasteiger partial charge on any atom is -0.391 e. The maximum absolute atomic E-state index is 13.6. The number of thiazole rings is 1. The van der Waals surface area contributed by atoms with Gasteiger partial charge in [0.05, 0.1) is 28.2 Å². The molecule has 7 nitrogen and oxygen atoms in total. The summed E-state index contributed by atoms with van der Waals surface area (Å²) in [6.07, 6.45) is 2.86. The summed E-state index contributed by atoms with van der Waals surface area (Å²) in [6, 6.07) is 3.17. The zero-order chi connectivity index (χ0) is 21.0. The molecule has 31 heavy (non-hydrogen) atoms. The van der Waals surface area contributed by atoms with Crippen LogP contribution in [0.15, 0.2) is 18.2 Å². The summed E-state index contributed by atoms with van der Waals surface area (Å²) in [7, 11) is 0. The van der Waals surface area contributed by atoms with Crippen LogP contribution in [0.2, 0.25) is 5.02 Å². The molecule has 1 aromatic carbocycles. The van der Waals surface area contributed by atoms with Crippen molar-refractivity contribution in [3.8, 4) is 0 Å². The number of anilines is 1. The van der Waals surface area contributed by atoms with E-state index >= 15 is 0 Å². The molecule has 172 valence electrons. The van der Waals surface area contributed by atoms with E-state index in [9.17, 15) is 19.1 Å². The van der Waals surface area contributed by atoms with Crippen LogP contribution in [0.25, 0.3) is 0 Å². The van der Waals surface area contributed by atoms with Crippen LogP contribution in [0.3, 0.4) is 0 Å². The second kappa shape index (κ2) is 12.5. The molecule has 4 N–H and O–H groups in total. The van der Waals surface area contributed by atoms with Gasteiger partial charge in [0.1, 0.15) is 10.8 Å². The van der Waals surface area contributed by atoms with Crippen molar-refractivity contribution in [1.82, 2.24) is 15.6 Å². The van der Waals surface area contributed by atoms with Gasteiger partial charge in [0.25, 0.3) is 0 Å². The molecule has 1 fully saturated rings. The van der Waals surface area contributed by atoms with Crippen LogP contribution < -0.4 is 16.0 Å². The van der Waals surface area contributed by atoms with Crippen molar-refractivity contribution in [3.05, 3.63) is 44.6 Å². The van der Waals surface area contributed by atoms with Gasteiger partial charge in [-0.25, -0.2) is 9.37 Å². The lowest BCUT2D eigenvalue weighted by atomic mass is 9.98. The fourth-order valence-corrected chi connectivity index (χ4v) is 4.36. The molecule has 1 aliphatic rings. The smallest absolute Gasteiger partial charge is 0.313 e. The lowest BCUT2D eigenvalue weighted by Gasteiger charge is -2.30. The Kier molecular flexibility index (Phi) is 11.1. The van der Waals surface area contributed by atoms with Crippen LogP contribution in [0.5, 0.6) is 0 Å². The third-order valence-electron chi connectivity index (χ3n) is 4.74. The Labute approximate surface area is 201 Å². The van der Waals surface area contributed by atoms with Crippen LogP contribution in [0.1, 0.15) is 40.9 Å². The van der Waals surface area contributed by atoms with Gasteiger partial charge < -0.3 is 21.1 Å². The minimum atomic E-state index is -0.914. The van der Waals surface area contributed by atoms with Gasteiger partial charge in [-0.15, -0.1) is 36.2 Å². The van der Waals surface area contributed by atoms with Crippen LogP contribution in [0.4, 0.5) is 10.1 Å². The second-order valence-corrected chi connectivity index (χ2v) is 8.33. The SMILES string of the molecule is Cc1nc(C(NC(=O)C(=O)Nc2ccc(Cl)c(F)c2)C2CCCCN2)sc1CO.Cl.Cl. The number of rotatable bonds is 5. The summed E-state index contributed by atoms with van der Waals surface area (Å²) < 4.78 is 13.6. The van der Waals surface area contributed by atoms with Gasteiger partial charge in [0, 0.05) is 11.7 Å². The van der Waals surface area contributed by atoms with E-state index in [-0.39, 0.29) is 48.2 Å².